The van der Waals surface area contributed by atoms with Crippen LogP contribution in [0.15, 0.2) is 11.6 Å². The van der Waals surface area contributed by atoms with Crippen molar-refractivity contribution in [1.29, 1.82) is 0 Å². The molecular weight excluding hydrogens is 200 g/mol. The lowest BCUT2D eigenvalue weighted by molar-refractivity contribution is -0.0111. The first-order valence-corrected chi connectivity index (χ1v) is 6.41. The van der Waals surface area contributed by atoms with E-state index < -0.39 is 0 Å². The number of hydrogen-bond donors (Lipinski definition) is 1. The van der Waals surface area contributed by atoms with Crippen molar-refractivity contribution in [3.8, 4) is 0 Å². The fourth-order valence-corrected chi connectivity index (χ4v) is 2.23. The zero-order chi connectivity index (χ0) is 12.1. The maximum atomic E-state index is 9.88. The minimum Gasteiger partial charge on any atom is -0.389 e. The van der Waals surface area contributed by atoms with E-state index in [1.807, 2.05) is 6.08 Å². The maximum absolute atomic E-state index is 9.88. The number of aliphatic hydroxyl groups excluding tert-OH is 1. The summed E-state index contributed by atoms with van der Waals surface area (Å²) in [6, 6.07) is 0. The Balaban J connectivity index is 2.66. The molecule has 0 aromatic carbocycles. The van der Waals surface area contributed by atoms with Crippen LogP contribution >= 0.6 is 0 Å². The van der Waals surface area contributed by atoms with Crippen LogP contribution in [-0.2, 0) is 4.74 Å². The molecule has 0 saturated carbocycles. The molecule has 1 aliphatic rings. The van der Waals surface area contributed by atoms with E-state index in [1.165, 1.54) is 0 Å². The number of unbranched alkanes of at least 4 members (excludes halogenated alkanes) is 1. The third kappa shape index (κ3) is 3.08. The van der Waals surface area contributed by atoms with Crippen LogP contribution in [0.5, 0.6) is 0 Å². The number of hydrogen-bond acceptors (Lipinski definition) is 2. The van der Waals surface area contributed by atoms with Gasteiger partial charge in [0.25, 0.3) is 0 Å². The molecule has 2 nitrogen and oxygen atoms in total. The summed E-state index contributed by atoms with van der Waals surface area (Å²) >= 11 is 0. The summed E-state index contributed by atoms with van der Waals surface area (Å²) in [5.41, 5.74) is 1.16. The van der Waals surface area contributed by atoms with Crippen LogP contribution in [0, 0.1) is 18.8 Å². The van der Waals surface area contributed by atoms with E-state index in [4.69, 9.17) is 4.74 Å². The highest BCUT2D eigenvalue weighted by Crippen LogP contribution is 2.33. The van der Waals surface area contributed by atoms with Crippen molar-refractivity contribution >= 4 is 0 Å². The van der Waals surface area contributed by atoms with Gasteiger partial charge < -0.3 is 16.8 Å². The Kier molecular flexibility index (Phi) is 5.50. The van der Waals surface area contributed by atoms with Gasteiger partial charge in [-0.2, -0.15) is 6.42 Å². The topological polar surface area (TPSA) is 29.5 Å². The zero-order valence-corrected chi connectivity index (χ0v) is 10.8. The summed E-state index contributed by atoms with van der Waals surface area (Å²) in [4.78, 5) is 0. The molecule has 1 rings (SSSR count). The molecule has 0 bridgehead atoms. The molecule has 0 radical (unpaired) electrons. The number of aliphatic hydroxyl groups is 1. The third-order valence-corrected chi connectivity index (χ3v) is 3.68. The summed E-state index contributed by atoms with van der Waals surface area (Å²) in [7, 11) is 0. The lowest BCUT2D eigenvalue weighted by Crippen LogP contribution is -2.38. The van der Waals surface area contributed by atoms with E-state index in [-0.39, 0.29) is 18.1 Å². The van der Waals surface area contributed by atoms with E-state index >= 15 is 0 Å². The molecule has 0 heterocycles. The molecule has 0 aromatic heterocycles. The molecule has 0 fully saturated rings. The van der Waals surface area contributed by atoms with Crippen LogP contribution < -0.4 is 0 Å². The monoisotopic (exact) mass is 225 g/mol. The molecule has 0 aromatic rings. The van der Waals surface area contributed by atoms with E-state index in [2.05, 4.69) is 27.7 Å². The lowest BCUT2D eigenvalue weighted by atomic mass is 9.77. The Labute approximate surface area is 99.7 Å². The van der Waals surface area contributed by atoms with Gasteiger partial charge in [0.15, 0.2) is 0 Å². The minimum absolute atomic E-state index is 0.155. The summed E-state index contributed by atoms with van der Waals surface area (Å²) in [5, 5.41) is 9.88. The second kappa shape index (κ2) is 6.41. The quantitative estimate of drug-likeness (QED) is 0.443. The number of rotatable bonds is 5. The van der Waals surface area contributed by atoms with Gasteiger partial charge in [-0.1, -0.05) is 38.8 Å². The molecule has 0 aliphatic heterocycles. The fourth-order valence-electron chi connectivity index (χ4n) is 2.23. The van der Waals surface area contributed by atoms with Crippen molar-refractivity contribution in [2.45, 2.75) is 52.2 Å². The first kappa shape index (κ1) is 13.7. The van der Waals surface area contributed by atoms with Gasteiger partial charge in [-0.15, -0.1) is 0 Å². The Morgan fingerprint density at radius 3 is 2.62 bits per heavy atom. The molecule has 0 saturated heterocycles. The predicted molar refractivity (Wildman–Crippen MR) is 67.0 cm³/mol. The molecule has 2 heteroatoms. The summed E-state index contributed by atoms with van der Waals surface area (Å²) < 4.78 is 5.94. The van der Waals surface area contributed by atoms with Crippen molar-refractivity contribution in [1.82, 2.24) is 0 Å². The van der Waals surface area contributed by atoms with Gasteiger partial charge in [-0.3, -0.25) is 0 Å². The molecule has 4 atom stereocenters. The zero-order valence-electron chi connectivity index (χ0n) is 10.8. The summed E-state index contributed by atoms with van der Waals surface area (Å²) in [6.07, 6.45) is 4.74. The van der Waals surface area contributed by atoms with Crippen LogP contribution in [0.2, 0.25) is 0 Å². The van der Waals surface area contributed by atoms with Gasteiger partial charge in [0, 0.05) is 6.61 Å². The van der Waals surface area contributed by atoms with Gasteiger partial charge in [-0.05, 0) is 18.3 Å². The van der Waals surface area contributed by atoms with E-state index in [9.17, 15) is 5.11 Å². The Hall–Kier alpha value is -0.340. The molecular formula is C14H25O2-. The highest BCUT2D eigenvalue weighted by molar-refractivity contribution is 5.18. The highest BCUT2D eigenvalue weighted by atomic mass is 16.5. The molecule has 4 unspecified atom stereocenters. The van der Waals surface area contributed by atoms with E-state index in [1.54, 1.807) is 0 Å². The van der Waals surface area contributed by atoms with Gasteiger partial charge >= 0.3 is 0 Å². The smallest absolute Gasteiger partial charge is 0.0790 e. The summed E-state index contributed by atoms with van der Waals surface area (Å²) in [6.45, 7) is 11.1. The normalized spacial score (nSPS) is 34.9. The van der Waals surface area contributed by atoms with Crippen LogP contribution in [0.25, 0.3) is 0 Å². The molecule has 1 aliphatic carbocycles. The minimum atomic E-state index is -0.335. The Morgan fingerprint density at radius 2 is 2.06 bits per heavy atom. The Morgan fingerprint density at radius 1 is 1.38 bits per heavy atom. The van der Waals surface area contributed by atoms with Crippen molar-refractivity contribution in [3.63, 3.8) is 0 Å². The highest BCUT2D eigenvalue weighted by Gasteiger charge is 2.33. The van der Waals surface area contributed by atoms with Crippen molar-refractivity contribution in [2.24, 2.45) is 11.8 Å². The maximum Gasteiger partial charge on any atom is 0.0790 e. The molecule has 1 N–H and O–H groups in total. The largest absolute Gasteiger partial charge is 0.389 e. The van der Waals surface area contributed by atoms with Crippen molar-refractivity contribution < 1.29 is 9.84 Å². The third-order valence-electron chi connectivity index (χ3n) is 3.68. The van der Waals surface area contributed by atoms with Gasteiger partial charge in [0.05, 0.1) is 12.2 Å². The molecule has 16 heavy (non-hydrogen) atoms. The van der Waals surface area contributed by atoms with Gasteiger partial charge in [0.1, 0.15) is 0 Å². The average Bonchev–Trinajstić information content (AvgIpc) is 2.29. The lowest BCUT2D eigenvalue weighted by Gasteiger charge is -2.38. The van der Waals surface area contributed by atoms with Gasteiger partial charge in [0.2, 0.25) is 0 Å². The van der Waals surface area contributed by atoms with Gasteiger partial charge in [-0.25, -0.2) is 0 Å². The fraction of sp³-hybridized carbons (Fsp3) is 0.786. The predicted octanol–water partition coefficient (Wildman–Crippen LogP) is 2.97. The average molecular weight is 225 g/mol. The van der Waals surface area contributed by atoms with E-state index in [0.717, 1.165) is 31.4 Å². The van der Waals surface area contributed by atoms with Crippen molar-refractivity contribution in [3.05, 3.63) is 18.6 Å². The van der Waals surface area contributed by atoms with Crippen LogP contribution in [-0.4, -0.2) is 23.9 Å². The van der Waals surface area contributed by atoms with Crippen LogP contribution in [0.4, 0.5) is 0 Å². The second-order valence-electron chi connectivity index (χ2n) is 4.85. The Bertz CT molecular complexity index is 235. The first-order valence-electron chi connectivity index (χ1n) is 6.41. The SMILES string of the molecule is [CH2-]CC1=CC(O)C(C)C(C)C1OCCCC. The van der Waals surface area contributed by atoms with Crippen LogP contribution in [0.3, 0.4) is 0 Å². The first-order chi connectivity index (χ1) is 7.61. The molecule has 0 amide bonds. The molecule has 94 valence electrons. The van der Waals surface area contributed by atoms with E-state index in [0.29, 0.717) is 5.92 Å². The second-order valence-corrected chi connectivity index (χ2v) is 4.85. The van der Waals surface area contributed by atoms with Crippen LogP contribution in [0.1, 0.15) is 40.0 Å². The summed E-state index contributed by atoms with van der Waals surface area (Å²) in [5.74, 6) is 0.635. The standard InChI is InChI=1S/C14H25O2/c1-5-7-8-16-14-11(4)10(3)13(15)9-12(14)6-2/h9-11,13-15H,2,5-8H2,1,3-4H3/q-1. The number of ether oxygens (including phenoxy) is 1. The van der Waals surface area contributed by atoms with Crippen molar-refractivity contribution in [2.75, 3.05) is 6.61 Å². The molecule has 0 spiro atoms.